The maximum absolute atomic E-state index is 12.3. The number of carbonyl (C=O) groups excluding carboxylic acids is 2. The lowest BCUT2D eigenvalue weighted by atomic mass is 10.2. The Bertz CT molecular complexity index is 958. The lowest BCUT2D eigenvalue weighted by Crippen LogP contribution is -2.21. The number of anilines is 1. The molecule has 0 heterocycles. The number of nitrogens with one attached hydrogen (secondary N) is 1. The Morgan fingerprint density at radius 2 is 1.59 bits per heavy atom. The van der Waals surface area contributed by atoms with Crippen LogP contribution in [0.4, 0.5) is 5.69 Å². The Morgan fingerprint density at radius 1 is 0.897 bits per heavy atom. The van der Waals surface area contributed by atoms with E-state index in [1.807, 2.05) is 61.5 Å². The summed E-state index contributed by atoms with van der Waals surface area (Å²) in [6.45, 7) is 2.07. The van der Waals surface area contributed by atoms with Crippen LogP contribution >= 0.6 is 11.8 Å². The average Bonchev–Trinajstić information content (AvgIpc) is 2.75. The van der Waals surface area contributed by atoms with Crippen molar-refractivity contribution in [1.82, 2.24) is 0 Å². The average molecular weight is 407 g/mol. The lowest BCUT2D eigenvalue weighted by Gasteiger charge is -2.11. The van der Waals surface area contributed by atoms with E-state index in [2.05, 4.69) is 5.32 Å². The van der Waals surface area contributed by atoms with Crippen LogP contribution in [0.5, 0.6) is 5.75 Å². The van der Waals surface area contributed by atoms with Gasteiger partial charge in [-0.05, 0) is 55.5 Å². The third-order valence-corrected chi connectivity index (χ3v) is 4.95. The third-order valence-electron chi connectivity index (χ3n) is 3.87. The van der Waals surface area contributed by atoms with Crippen molar-refractivity contribution in [2.24, 2.45) is 0 Å². The first kappa shape index (κ1) is 20.5. The summed E-state index contributed by atoms with van der Waals surface area (Å²) in [5.41, 5.74) is 1.03. The first-order valence-corrected chi connectivity index (χ1v) is 9.99. The summed E-state index contributed by atoms with van der Waals surface area (Å²) in [5.74, 6) is -0.283. The van der Waals surface area contributed by atoms with Crippen LogP contribution in [0, 0.1) is 0 Å². The number of hydrogen-bond acceptors (Lipinski definition) is 5. The molecular formula is C23H21NO4S. The fourth-order valence-corrected chi connectivity index (χ4v) is 3.45. The summed E-state index contributed by atoms with van der Waals surface area (Å²) in [6, 6.07) is 24.0. The predicted molar refractivity (Wildman–Crippen MR) is 114 cm³/mol. The molecule has 0 radical (unpaired) electrons. The summed E-state index contributed by atoms with van der Waals surface area (Å²) in [6.07, 6.45) is 0. The molecule has 29 heavy (non-hydrogen) atoms. The number of hydrogen-bond donors (Lipinski definition) is 1. The van der Waals surface area contributed by atoms with E-state index in [1.165, 1.54) is 0 Å². The van der Waals surface area contributed by atoms with Gasteiger partial charge < -0.3 is 14.8 Å². The summed E-state index contributed by atoms with van der Waals surface area (Å²) in [7, 11) is 0. The number of ether oxygens (including phenoxy) is 2. The number of benzene rings is 3. The van der Waals surface area contributed by atoms with E-state index in [9.17, 15) is 9.59 Å². The Hall–Kier alpha value is -3.25. The number of amides is 1. The molecule has 0 aromatic heterocycles. The summed E-state index contributed by atoms with van der Waals surface area (Å²) < 4.78 is 10.5. The van der Waals surface area contributed by atoms with Crippen molar-refractivity contribution in [2.75, 3.05) is 18.5 Å². The van der Waals surface area contributed by atoms with E-state index >= 15 is 0 Å². The maximum atomic E-state index is 12.3. The molecule has 5 nitrogen and oxygen atoms in total. The number of esters is 1. The minimum absolute atomic E-state index is 0.362. The molecule has 3 aromatic carbocycles. The van der Waals surface area contributed by atoms with Gasteiger partial charge in [0.25, 0.3) is 5.91 Å². The molecule has 0 atom stereocenters. The molecule has 0 unspecified atom stereocenters. The molecule has 0 saturated carbocycles. The Morgan fingerprint density at radius 3 is 2.31 bits per heavy atom. The van der Waals surface area contributed by atoms with Gasteiger partial charge >= 0.3 is 5.97 Å². The van der Waals surface area contributed by atoms with Crippen molar-refractivity contribution in [3.8, 4) is 5.75 Å². The SMILES string of the molecule is CCOc1ccc(C(=O)OCC(=O)Nc2ccccc2Sc2ccccc2)cc1. The minimum Gasteiger partial charge on any atom is -0.494 e. The largest absolute Gasteiger partial charge is 0.494 e. The van der Waals surface area contributed by atoms with Gasteiger partial charge in [-0.15, -0.1) is 0 Å². The zero-order valence-corrected chi connectivity index (χ0v) is 16.8. The monoisotopic (exact) mass is 407 g/mol. The fourth-order valence-electron chi connectivity index (χ4n) is 2.53. The van der Waals surface area contributed by atoms with Gasteiger partial charge in [0.05, 0.1) is 17.9 Å². The van der Waals surface area contributed by atoms with Gasteiger partial charge in [0.1, 0.15) is 5.75 Å². The van der Waals surface area contributed by atoms with E-state index in [1.54, 1.807) is 36.0 Å². The van der Waals surface area contributed by atoms with Gasteiger partial charge in [-0.1, -0.05) is 42.1 Å². The van der Waals surface area contributed by atoms with Gasteiger partial charge in [0.15, 0.2) is 6.61 Å². The van der Waals surface area contributed by atoms with E-state index in [4.69, 9.17) is 9.47 Å². The number of rotatable bonds is 8. The first-order valence-electron chi connectivity index (χ1n) is 9.17. The molecule has 0 saturated heterocycles. The normalized spacial score (nSPS) is 10.2. The fraction of sp³-hybridized carbons (Fsp3) is 0.130. The highest BCUT2D eigenvalue weighted by atomic mass is 32.2. The van der Waals surface area contributed by atoms with Crippen molar-refractivity contribution in [3.05, 3.63) is 84.4 Å². The predicted octanol–water partition coefficient (Wildman–Crippen LogP) is 5.03. The quantitative estimate of drug-likeness (QED) is 0.531. The van der Waals surface area contributed by atoms with Crippen LogP contribution in [0.2, 0.25) is 0 Å². The molecule has 0 aliphatic carbocycles. The topological polar surface area (TPSA) is 64.6 Å². The highest BCUT2D eigenvalue weighted by molar-refractivity contribution is 7.99. The van der Waals surface area contributed by atoms with Crippen LogP contribution in [0.3, 0.4) is 0 Å². The van der Waals surface area contributed by atoms with Crippen molar-refractivity contribution in [1.29, 1.82) is 0 Å². The van der Waals surface area contributed by atoms with Crippen LogP contribution in [-0.2, 0) is 9.53 Å². The van der Waals surface area contributed by atoms with E-state index in [0.717, 1.165) is 9.79 Å². The molecule has 0 aliphatic rings. The lowest BCUT2D eigenvalue weighted by molar-refractivity contribution is -0.119. The molecule has 0 bridgehead atoms. The molecule has 3 rings (SSSR count). The second-order valence-electron chi connectivity index (χ2n) is 5.99. The molecule has 0 aliphatic heterocycles. The second kappa shape index (κ2) is 10.3. The first-order chi connectivity index (χ1) is 14.2. The molecule has 0 fully saturated rings. The Labute approximate surface area is 174 Å². The van der Waals surface area contributed by atoms with Gasteiger partial charge in [0.2, 0.25) is 0 Å². The standard InChI is InChI=1S/C23H21NO4S/c1-2-27-18-14-12-17(13-15-18)23(26)28-16-22(25)24-20-10-6-7-11-21(20)29-19-8-4-3-5-9-19/h3-15H,2,16H2,1H3,(H,24,25). The summed E-state index contributed by atoms with van der Waals surface area (Å²) >= 11 is 1.55. The van der Waals surface area contributed by atoms with E-state index in [0.29, 0.717) is 23.6 Å². The van der Waals surface area contributed by atoms with Gasteiger partial charge in [-0.25, -0.2) is 4.79 Å². The molecule has 148 valence electrons. The number of carbonyl (C=O) groups is 2. The Kier molecular flexibility index (Phi) is 7.30. The number of para-hydroxylation sites is 1. The smallest absolute Gasteiger partial charge is 0.338 e. The second-order valence-corrected chi connectivity index (χ2v) is 7.11. The maximum Gasteiger partial charge on any atom is 0.338 e. The van der Waals surface area contributed by atoms with Gasteiger partial charge in [-0.3, -0.25) is 4.79 Å². The van der Waals surface area contributed by atoms with Crippen molar-refractivity contribution >= 4 is 29.3 Å². The van der Waals surface area contributed by atoms with Gasteiger partial charge in [0, 0.05) is 9.79 Å². The molecule has 3 aromatic rings. The molecular weight excluding hydrogens is 386 g/mol. The summed E-state index contributed by atoms with van der Waals surface area (Å²) in [4.78, 5) is 26.4. The van der Waals surface area contributed by atoms with Crippen LogP contribution in [0.1, 0.15) is 17.3 Å². The van der Waals surface area contributed by atoms with Crippen LogP contribution in [-0.4, -0.2) is 25.1 Å². The van der Waals surface area contributed by atoms with E-state index < -0.39 is 11.9 Å². The Balaban J connectivity index is 1.56. The zero-order chi connectivity index (χ0) is 20.5. The van der Waals surface area contributed by atoms with Crippen molar-refractivity contribution in [3.63, 3.8) is 0 Å². The highest BCUT2D eigenvalue weighted by Crippen LogP contribution is 2.33. The molecule has 1 N–H and O–H groups in total. The molecule has 6 heteroatoms. The van der Waals surface area contributed by atoms with Crippen LogP contribution in [0.15, 0.2) is 88.7 Å². The molecule has 1 amide bonds. The highest BCUT2D eigenvalue weighted by Gasteiger charge is 2.12. The van der Waals surface area contributed by atoms with Crippen LogP contribution in [0.25, 0.3) is 0 Å². The van der Waals surface area contributed by atoms with E-state index in [-0.39, 0.29) is 6.61 Å². The van der Waals surface area contributed by atoms with Crippen LogP contribution < -0.4 is 10.1 Å². The molecule has 0 spiro atoms. The summed E-state index contributed by atoms with van der Waals surface area (Å²) in [5, 5.41) is 2.81. The van der Waals surface area contributed by atoms with Crippen molar-refractivity contribution < 1.29 is 19.1 Å². The van der Waals surface area contributed by atoms with Gasteiger partial charge in [-0.2, -0.15) is 0 Å². The third kappa shape index (κ3) is 6.12. The zero-order valence-electron chi connectivity index (χ0n) is 16.0. The van der Waals surface area contributed by atoms with Crippen molar-refractivity contribution in [2.45, 2.75) is 16.7 Å². The minimum atomic E-state index is -0.560.